The van der Waals surface area contributed by atoms with E-state index >= 15 is 0 Å². The van der Waals surface area contributed by atoms with Crippen LogP contribution in [-0.4, -0.2) is 22.8 Å². The van der Waals surface area contributed by atoms with Crippen molar-refractivity contribution in [2.45, 2.75) is 45.8 Å². The van der Waals surface area contributed by atoms with Crippen molar-refractivity contribution in [2.24, 2.45) is 0 Å². The van der Waals surface area contributed by atoms with Gasteiger partial charge in [-0.3, -0.25) is 0 Å². The molecule has 0 saturated heterocycles. The fourth-order valence-electron chi connectivity index (χ4n) is 2.60. The third-order valence-electron chi connectivity index (χ3n) is 3.74. The van der Waals surface area contributed by atoms with Gasteiger partial charge in [0.15, 0.2) is 0 Å². The SMILES string of the molecule is CC(C)NCc1nnc(N2CCCc3ccccc3C2)o1. The van der Waals surface area contributed by atoms with Gasteiger partial charge in [0.1, 0.15) is 0 Å². The van der Waals surface area contributed by atoms with Crippen molar-refractivity contribution in [2.75, 3.05) is 11.4 Å². The molecule has 3 rings (SSSR count). The number of aromatic nitrogens is 2. The third kappa shape index (κ3) is 3.42. The molecule has 0 spiro atoms. The smallest absolute Gasteiger partial charge is 0.318 e. The fourth-order valence-corrected chi connectivity index (χ4v) is 2.60. The molecule has 2 heterocycles. The Morgan fingerprint density at radius 3 is 2.86 bits per heavy atom. The van der Waals surface area contributed by atoms with Gasteiger partial charge >= 0.3 is 6.01 Å². The number of nitrogens with one attached hydrogen (secondary N) is 1. The summed E-state index contributed by atoms with van der Waals surface area (Å²) in [6.45, 7) is 6.62. The van der Waals surface area contributed by atoms with E-state index in [0.29, 0.717) is 24.5 Å². The minimum Gasteiger partial charge on any atom is -0.407 e. The van der Waals surface area contributed by atoms with Crippen LogP contribution in [0.4, 0.5) is 6.01 Å². The molecule has 1 aliphatic rings. The maximum atomic E-state index is 5.79. The lowest BCUT2D eigenvalue weighted by molar-refractivity contribution is 0.445. The van der Waals surface area contributed by atoms with Crippen LogP contribution in [0.25, 0.3) is 0 Å². The summed E-state index contributed by atoms with van der Waals surface area (Å²) >= 11 is 0. The van der Waals surface area contributed by atoms with Crippen molar-refractivity contribution in [3.05, 3.63) is 41.3 Å². The first kappa shape index (κ1) is 14.1. The van der Waals surface area contributed by atoms with Gasteiger partial charge < -0.3 is 14.6 Å². The molecule has 21 heavy (non-hydrogen) atoms. The van der Waals surface area contributed by atoms with E-state index in [-0.39, 0.29) is 0 Å². The molecule has 0 saturated carbocycles. The molecule has 0 unspecified atom stereocenters. The Morgan fingerprint density at radius 2 is 2.05 bits per heavy atom. The Kier molecular flexibility index (Phi) is 4.20. The monoisotopic (exact) mass is 286 g/mol. The molecule has 1 aromatic carbocycles. The van der Waals surface area contributed by atoms with Crippen molar-refractivity contribution < 1.29 is 4.42 Å². The zero-order valence-corrected chi connectivity index (χ0v) is 12.7. The highest BCUT2D eigenvalue weighted by molar-refractivity contribution is 5.35. The first-order chi connectivity index (χ1) is 10.2. The Hall–Kier alpha value is -1.88. The molecular weight excluding hydrogens is 264 g/mol. The van der Waals surface area contributed by atoms with E-state index in [0.717, 1.165) is 25.9 Å². The summed E-state index contributed by atoms with van der Waals surface area (Å²) in [4.78, 5) is 2.18. The first-order valence-corrected chi connectivity index (χ1v) is 7.60. The summed E-state index contributed by atoms with van der Waals surface area (Å²) in [5.41, 5.74) is 2.79. The largest absolute Gasteiger partial charge is 0.407 e. The second-order valence-corrected chi connectivity index (χ2v) is 5.81. The number of benzene rings is 1. The lowest BCUT2D eigenvalue weighted by Crippen LogP contribution is -2.23. The average molecular weight is 286 g/mol. The summed E-state index contributed by atoms with van der Waals surface area (Å²) in [6.07, 6.45) is 2.22. The highest BCUT2D eigenvalue weighted by Gasteiger charge is 2.19. The van der Waals surface area contributed by atoms with Crippen LogP contribution in [0.2, 0.25) is 0 Å². The predicted molar refractivity (Wildman–Crippen MR) is 82.1 cm³/mol. The van der Waals surface area contributed by atoms with Crippen molar-refractivity contribution >= 4 is 6.01 Å². The molecule has 1 aromatic heterocycles. The molecule has 0 aliphatic carbocycles. The fraction of sp³-hybridized carbons (Fsp3) is 0.500. The molecule has 1 aliphatic heterocycles. The minimum absolute atomic E-state index is 0.408. The van der Waals surface area contributed by atoms with E-state index < -0.39 is 0 Å². The molecule has 0 fully saturated rings. The molecule has 0 bridgehead atoms. The van der Waals surface area contributed by atoms with E-state index in [2.05, 4.69) is 58.5 Å². The molecule has 0 amide bonds. The third-order valence-corrected chi connectivity index (χ3v) is 3.74. The summed E-state index contributed by atoms with van der Waals surface area (Å²) in [6, 6.07) is 9.64. The lowest BCUT2D eigenvalue weighted by atomic mass is 10.0. The molecule has 0 radical (unpaired) electrons. The van der Waals surface area contributed by atoms with Crippen LogP contribution in [0, 0.1) is 0 Å². The van der Waals surface area contributed by atoms with Gasteiger partial charge in [-0.05, 0) is 24.0 Å². The van der Waals surface area contributed by atoms with Gasteiger partial charge in [-0.2, -0.15) is 0 Å². The van der Waals surface area contributed by atoms with Gasteiger partial charge in [-0.1, -0.05) is 43.2 Å². The zero-order chi connectivity index (χ0) is 14.7. The first-order valence-electron chi connectivity index (χ1n) is 7.60. The molecular formula is C16H22N4O. The Balaban J connectivity index is 1.72. The number of rotatable bonds is 4. The van der Waals surface area contributed by atoms with Gasteiger partial charge in [0, 0.05) is 19.1 Å². The number of hydrogen-bond donors (Lipinski definition) is 1. The molecule has 0 atom stereocenters. The van der Waals surface area contributed by atoms with Crippen molar-refractivity contribution in [3.63, 3.8) is 0 Å². The number of hydrogen-bond acceptors (Lipinski definition) is 5. The maximum absolute atomic E-state index is 5.79. The van der Waals surface area contributed by atoms with Crippen molar-refractivity contribution in [1.29, 1.82) is 0 Å². The number of aryl methyl sites for hydroxylation is 1. The van der Waals surface area contributed by atoms with Crippen LogP contribution < -0.4 is 10.2 Å². The predicted octanol–water partition coefficient (Wildman–Crippen LogP) is 2.52. The summed E-state index contributed by atoms with van der Waals surface area (Å²) in [7, 11) is 0. The number of anilines is 1. The second kappa shape index (κ2) is 6.26. The van der Waals surface area contributed by atoms with E-state index in [9.17, 15) is 0 Å². The molecule has 5 heteroatoms. The molecule has 2 aromatic rings. The topological polar surface area (TPSA) is 54.2 Å². The van der Waals surface area contributed by atoms with Crippen LogP contribution in [0.5, 0.6) is 0 Å². The Labute approximate surface area is 125 Å². The summed E-state index contributed by atoms with van der Waals surface area (Å²) < 4.78 is 5.79. The number of fused-ring (bicyclic) bond motifs is 1. The maximum Gasteiger partial charge on any atom is 0.318 e. The highest BCUT2D eigenvalue weighted by atomic mass is 16.4. The average Bonchev–Trinajstić information content (AvgIpc) is 2.84. The van der Waals surface area contributed by atoms with E-state index in [1.165, 1.54) is 11.1 Å². The summed E-state index contributed by atoms with van der Waals surface area (Å²) in [5.74, 6) is 0.649. The molecule has 112 valence electrons. The van der Waals surface area contributed by atoms with Crippen LogP contribution in [-0.2, 0) is 19.5 Å². The highest BCUT2D eigenvalue weighted by Crippen LogP contribution is 2.22. The minimum atomic E-state index is 0.408. The van der Waals surface area contributed by atoms with Gasteiger partial charge in [0.05, 0.1) is 6.54 Å². The van der Waals surface area contributed by atoms with Crippen molar-refractivity contribution in [3.8, 4) is 0 Å². The van der Waals surface area contributed by atoms with Crippen LogP contribution in [0.3, 0.4) is 0 Å². The van der Waals surface area contributed by atoms with Crippen molar-refractivity contribution in [1.82, 2.24) is 15.5 Å². The van der Waals surface area contributed by atoms with E-state index in [4.69, 9.17) is 4.42 Å². The summed E-state index contributed by atoms with van der Waals surface area (Å²) in [5, 5.41) is 11.6. The van der Waals surface area contributed by atoms with Crippen LogP contribution in [0.15, 0.2) is 28.7 Å². The van der Waals surface area contributed by atoms with Crippen LogP contribution in [0.1, 0.15) is 37.3 Å². The Bertz CT molecular complexity index is 593. The molecule has 5 nitrogen and oxygen atoms in total. The van der Waals surface area contributed by atoms with Gasteiger partial charge in [-0.25, -0.2) is 0 Å². The second-order valence-electron chi connectivity index (χ2n) is 5.81. The van der Waals surface area contributed by atoms with Gasteiger partial charge in [0.2, 0.25) is 5.89 Å². The zero-order valence-electron chi connectivity index (χ0n) is 12.7. The van der Waals surface area contributed by atoms with Crippen LogP contribution >= 0.6 is 0 Å². The lowest BCUT2D eigenvalue weighted by Gasteiger charge is -2.17. The number of nitrogens with zero attached hydrogens (tertiary/aromatic N) is 3. The van der Waals surface area contributed by atoms with Gasteiger partial charge in [0.25, 0.3) is 0 Å². The standard InChI is InChI=1S/C16H22N4O/c1-12(2)17-10-15-18-19-16(21-15)20-9-5-8-13-6-3-4-7-14(13)11-20/h3-4,6-7,12,17H,5,8-11H2,1-2H3. The van der Waals surface area contributed by atoms with E-state index in [1.807, 2.05) is 0 Å². The quantitative estimate of drug-likeness (QED) is 0.936. The molecule has 1 N–H and O–H groups in total. The van der Waals surface area contributed by atoms with E-state index in [1.54, 1.807) is 0 Å². The van der Waals surface area contributed by atoms with Gasteiger partial charge in [-0.15, -0.1) is 5.10 Å². The normalized spacial score (nSPS) is 15.1. The Morgan fingerprint density at radius 1 is 1.24 bits per heavy atom.